The minimum Gasteiger partial charge on any atom is -0.496 e. The van der Waals surface area contributed by atoms with E-state index < -0.39 is 0 Å². The number of hydrogen-bond acceptors (Lipinski definition) is 2. The van der Waals surface area contributed by atoms with Crippen molar-refractivity contribution >= 4 is 0 Å². The van der Waals surface area contributed by atoms with E-state index in [1.165, 1.54) is 0 Å². The van der Waals surface area contributed by atoms with Gasteiger partial charge in [-0.05, 0) is 37.0 Å². The fourth-order valence-corrected chi connectivity index (χ4v) is 1.84. The highest BCUT2D eigenvalue weighted by molar-refractivity contribution is 5.44. The molecule has 1 atom stereocenters. The van der Waals surface area contributed by atoms with Crippen LogP contribution in [0.25, 0.3) is 0 Å². The van der Waals surface area contributed by atoms with Gasteiger partial charge in [0.25, 0.3) is 0 Å². The van der Waals surface area contributed by atoms with E-state index in [4.69, 9.17) is 10.5 Å². The molecular formula is C13H19NO. The molecule has 0 aliphatic carbocycles. The van der Waals surface area contributed by atoms with Crippen LogP contribution in [0.3, 0.4) is 0 Å². The van der Waals surface area contributed by atoms with Crippen molar-refractivity contribution < 1.29 is 4.74 Å². The summed E-state index contributed by atoms with van der Waals surface area (Å²) >= 11 is 0. The Kier molecular flexibility index (Phi) is 3.92. The van der Waals surface area contributed by atoms with Gasteiger partial charge in [0.2, 0.25) is 0 Å². The van der Waals surface area contributed by atoms with E-state index in [0.29, 0.717) is 0 Å². The zero-order valence-corrected chi connectivity index (χ0v) is 9.71. The summed E-state index contributed by atoms with van der Waals surface area (Å²) in [6.07, 6.45) is 2.64. The van der Waals surface area contributed by atoms with Crippen LogP contribution in [0.15, 0.2) is 24.8 Å². The molecule has 0 saturated carbocycles. The Morgan fingerprint density at radius 2 is 1.93 bits per heavy atom. The average Bonchev–Trinajstić information content (AvgIpc) is 2.17. The van der Waals surface area contributed by atoms with Crippen molar-refractivity contribution in [1.29, 1.82) is 0 Å². The normalized spacial score (nSPS) is 12.3. The van der Waals surface area contributed by atoms with E-state index in [9.17, 15) is 0 Å². The van der Waals surface area contributed by atoms with Crippen molar-refractivity contribution in [2.75, 3.05) is 7.11 Å². The first-order chi connectivity index (χ1) is 7.10. The Morgan fingerprint density at radius 3 is 2.33 bits per heavy atom. The number of nitrogens with two attached hydrogens (primary N) is 1. The second-order valence-corrected chi connectivity index (χ2v) is 3.82. The van der Waals surface area contributed by atoms with Gasteiger partial charge in [0.05, 0.1) is 7.11 Å². The summed E-state index contributed by atoms with van der Waals surface area (Å²) in [5.41, 5.74) is 9.43. The van der Waals surface area contributed by atoms with E-state index in [0.717, 1.165) is 28.9 Å². The largest absolute Gasteiger partial charge is 0.496 e. The molecule has 0 amide bonds. The summed E-state index contributed by atoms with van der Waals surface area (Å²) in [4.78, 5) is 0. The molecule has 0 unspecified atom stereocenters. The number of benzene rings is 1. The molecule has 2 N–H and O–H groups in total. The van der Waals surface area contributed by atoms with Crippen LogP contribution in [0.1, 0.15) is 29.2 Å². The third kappa shape index (κ3) is 2.60. The maximum Gasteiger partial charge on any atom is 0.124 e. The van der Waals surface area contributed by atoms with Crippen LogP contribution < -0.4 is 10.5 Å². The summed E-state index contributed by atoms with van der Waals surface area (Å²) in [6.45, 7) is 7.78. The molecule has 0 aliphatic rings. The first-order valence-corrected chi connectivity index (χ1v) is 5.11. The van der Waals surface area contributed by atoms with Gasteiger partial charge < -0.3 is 10.5 Å². The fraction of sp³-hybridized carbons (Fsp3) is 0.385. The molecule has 0 aliphatic heterocycles. The topological polar surface area (TPSA) is 35.2 Å². The molecule has 0 spiro atoms. The number of aryl methyl sites for hydroxylation is 2. The third-order valence-electron chi connectivity index (χ3n) is 2.54. The second kappa shape index (κ2) is 4.99. The van der Waals surface area contributed by atoms with Crippen LogP contribution in [0.5, 0.6) is 5.75 Å². The molecule has 0 saturated heterocycles. The molecule has 2 heteroatoms. The van der Waals surface area contributed by atoms with E-state index in [1.54, 1.807) is 7.11 Å². The highest BCUT2D eigenvalue weighted by Crippen LogP contribution is 2.27. The lowest BCUT2D eigenvalue weighted by molar-refractivity contribution is 0.408. The molecular weight excluding hydrogens is 186 g/mol. The minimum absolute atomic E-state index is 0.0332. The summed E-state index contributed by atoms with van der Waals surface area (Å²) in [6, 6.07) is 4.20. The Hall–Kier alpha value is -1.28. The van der Waals surface area contributed by atoms with Crippen molar-refractivity contribution in [3.8, 4) is 5.75 Å². The Morgan fingerprint density at radius 1 is 1.40 bits per heavy atom. The number of methoxy groups -OCH3 is 1. The van der Waals surface area contributed by atoms with Gasteiger partial charge in [0.1, 0.15) is 5.75 Å². The number of rotatable bonds is 4. The third-order valence-corrected chi connectivity index (χ3v) is 2.54. The zero-order valence-electron chi connectivity index (χ0n) is 9.71. The molecule has 1 aromatic carbocycles. The standard InChI is InChI=1S/C13H19NO/c1-5-6-12(14)11-7-9(2)13(15-4)10(3)8-11/h5,7-8,12H,1,6,14H2,2-4H3/t12-/m0/s1. The van der Waals surface area contributed by atoms with Crippen LogP contribution in [-0.4, -0.2) is 7.11 Å². The summed E-state index contributed by atoms with van der Waals surface area (Å²) in [5.74, 6) is 0.949. The predicted molar refractivity (Wildman–Crippen MR) is 64.2 cm³/mol. The van der Waals surface area contributed by atoms with E-state index in [2.05, 4.69) is 18.7 Å². The Bertz CT molecular complexity index is 335. The molecule has 0 radical (unpaired) electrons. The van der Waals surface area contributed by atoms with Gasteiger partial charge in [-0.3, -0.25) is 0 Å². The van der Waals surface area contributed by atoms with Crippen molar-refractivity contribution in [1.82, 2.24) is 0 Å². The van der Waals surface area contributed by atoms with Crippen LogP contribution in [-0.2, 0) is 0 Å². The maximum absolute atomic E-state index is 6.02. The fourth-order valence-electron chi connectivity index (χ4n) is 1.84. The summed E-state index contributed by atoms with van der Waals surface area (Å²) < 4.78 is 5.31. The van der Waals surface area contributed by atoms with Gasteiger partial charge in [-0.1, -0.05) is 18.2 Å². The second-order valence-electron chi connectivity index (χ2n) is 3.82. The molecule has 1 rings (SSSR count). The van der Waals surface area contributed by atoms with E-state index in [1.807, 2.05) is 19.9 Å². The van der Waals surface area contributed by atoms with E-state index in [-0.39, 0.29) is 6.04 Å². The molecule has 1 aromatic rings. The van der Waals surface area contributed by atoms with Gasteiger partial charge in [0.15, 0.2) is 0 Å². The summed E-state index contributed by atoms with van der Waals surface area (Å²) in [5, 5.41) is 0. The van der Waals surface area contributed by atoms with Crippen molar-refractivity contribution in [3.63, 3.8) is 0 Å². The maximum atomic E-state index is 6.02. The predicted octanol–water partition coefficient (Wildman–Crippen LogP) is 2.89. The van der Waals surface area contributed by atoms with Gasteiger partial charge in [-0.25, -0.2) is 0 Å². The highest BCUT2D eigenvalue weighted by Gasteiger charge is 2.09. The van der Waals surface area contributed by atoms with Crippen molar-refractivity contribution in [3.05, 3.63) is 41.5 Å². The van der Waals surface area contributed by atoms with Gasteiger partial charge in [0, 0.05) is 6.04 Å². The van der Waals surface area contributed by atoms with Gasteiger partial charge >= 0.3 is 0 Å². The molecule has 0 fully saturated rings. The smallest absolute Gasteiger partial charge is 0.124 e. The van der Waals surface area contributed by atoms with Gasteiger partial charge in [-0.15, -0.1) is 6.58 Å². The minimum atomic E-state index is 0.0332. The zero-order chi connectivity index (χ0) is 11.4. The van der Waals surface area contributed by atoms with E-state index >= 15 is 0 Å². The molecule has 2 nitrogen and oxygen atoms in total. The molecule has 0 aromatic heterocycles. The van der Waals surface area contributed by atoms with Crippen LogP contribution in [0.4, 0.5) is 0 Å². The average molecular weight is 205 g/mol. The molecule has 0 heterocycles. The van der Waals surface area contributed by atoms with Crippen molar-refractivity contribution in [2.45, 2.75) is 26.3 Å². The monoisotopic (exact) mass is 205 g/mol. The lowest BCUT2D eigenvalue weighted by Gasteiger charge is -2.15. The van der Waals surface area contributed by atoms with Crippen LogP contribution in [0, 0.1) is 13.8 Å². The van der Waals surface area contributed by atoms with Crippen LogP contribution in [0.2, 0.25) is 0 Å². The molecule has 15 heavy (non-hydrogen) atoms. The van der Waals surface area contributed by atoms with Crippen LogP contribution >= 0.6 is 0 Å². The van der Waals surface area contributed by atoms with Gasteiger partial charge in [-0.2, -0.15) is 0 Å². The molecule has 0 bridgehead atoms. The first kappa shape index (κ1) is 11.8. The highest BCUT2D eigenvalue weighted by atomic mass is 16.5. The SMILES string of the molecule is C=CC[C@H](N)c1cc(C)c(OC)c(C)c1. The quantitative estimate of drug-likeness (QED) is 0.767. The Labute approximate surface area is 91.7 Å². The lowest BCUT2D eigenvalue weighted by Crippen LogP contribution is -2.10. The first-order valence-electron chi connectivity index (χ1n) is 5.11. The summed E-state index contributed by atoms with van der Waals surface area (Å²) in [7, 11) is 1.69. The number of ether oxygens (including phenoxy) is 1. The Balaban J connectivity index is 3.07. The lowest BCUT2D eigenvalue weighted by atomic mass is 9.99. The molecule has 82 valence electrons. The van der Waals surface area contributed by atoms with Crippen molar-refractivity contribution in [2.24, 2.45) is 5.73 Å². The number of hydrogen-bond donors (Lipinski definition) is 1.